The van der Waals surface area contributed by atoms with Crippen LogP contribution in [0.2, 0.25) is 0 Å². The fourth-order valence-electron chi connectivity index (χ4n) is 1.58. The van der Waals surface area contributed by atoms with E-state index in [0.29, 0.717) is 0 Å². The third-order valence-electron chi connectivity index (χ3n) is 2.51. The highest BCUT2D eigenvalue weighted by Crippen LogP contribution is 1.95. The van der Waals surface area contributed by atoms with Crippen molar-refractivity contribution in [1.29, 1.82) is 0 Å². The van der Waals surface area contributed by atoms with Crippen molar-refractivity contribution < 1.29 is 5.02 Å². The van der Waals surface area contributed by atoms with Crippen LogP contribution in [0.1, 0.15) is 13.0 Å². The Morgan fingerprint density at radius 1 is 0.812 bits per heavy atom. The molecule has 0 atom stereocenters. The molecule has 0 bridgehead atoms. The average Bonchev–Trinajstić information content (AvgIpc) is 2.30. The van der Waals surface area contributed by atoms with Gasteiger partial charge in [-0.05, 0) is 17.8 Å². The predicted molar refractivity (Wildman–Crippen MR) is 71.6 cm³/mol. The molecule has 0 aliphatic rings. The van der Waals surface area contributed by atoms with Gasteiger partial charge in [0.05, 0.1) is 0 Å². The third kappa shape index (κ3) is 2.74. The van der Waals surface area contributed by atoms with Crippen LogP contribution in [0.3, 0.4) is 0 Å². The van der Waals surface area contributed by atoms with Crippen LogP contribution in [-0.4, -0.2) is 11.9 Å². The van der Waals surface area contributed by atoms with Gasteiger partial charge < -0.3 is 5.02 Å². The second kappa shape index (κ2) is 5.52. The molecule has 0 amide bonds. The molecule has 0 aromatic heterocycles. The summed E-state index contributed by atoms with van der Waals surface area (Å²) in [5.74, 6) is 0. The molecule has 0 saturated carbocycles. The van der Waals surface area contributed by atoms with Gasteiger partial charge in [-0.3, -0.25) is 0 Å². The molecule has 0 heterocycles. The average molecular weight is 212 g/mol. The first kappa shape index (κ1) is 12.5. The van der Waals surface area contributed by atoms with Crippen LogP contribution in [0.25, 0.3) is 0 Å². The first-order valence-electron chi connectivity index (χ1n) is 5.07. The number of hydrogen-bond donors (Lipinski definition) is 1. The van der Waals surface area contributed by atoms with Crippen LogP contribution in [0.5, 0.6) is 0 Å². The maximum Gasteiger partial charge on any atom is 0.358 e. The number of rotatable bonds is 2. The van der Waals surface area contributed by atoms with Crippen molar-refractivity contribution in [3.8, 4) is 0 Å². The minimum Gasteiger partial charge on any atom is -0.443 e. The lowest BCUT2D eigenvalue weighted by Crippen LogP contribution is -2.42. The van der Waals surface area contributed by atoms with E-state index in [4.69, 9.17) is 0 Å². The lowest BCUT2D eigenvalue weighted by atomic mass is 9.56. The molecular formula is C14H17BO. The maximum atomic E-state index is 10.1. The highest BCUT2D eigenvalue weighted by molar-refractivity contribution is 6.78. The Hall–Kier alpha value is -1.54. The Labute approximate surface area is 97.9 Å². The molecule has 0 aliphatic carbocycles. The molecule has 1 nitrogen and oxygen atoms in total. The van der Waals surface area contributed by atoms with Crippen molar-refractivity contribution >= 4 is 17.8 Å². The van der Waals surface area contributed by atoms with Gasteiger partial charge in [0.15, 0.2) is 0 Å². The van der Waals surface area contributed by atoms with Gasteiger partial charge in [0, 0.05) is 0 Å². The summed E-state index contributed by atoms with van der Waals surface area (Å²) < 4.78 is 0. The Balaban J connectivity index is 0.00000128. The molecule has 0 radical (unpaired) electrons. The maximum absolute atomic E-state index is 10.1. The van der Waals surface area contributed by atoms with Gasteiger partial charge >= 0.3 is 6.92 Å². The summed E-state index contributed by atoms with van der Waals surface area (Å²) in [6.07, 6.45) is 0. The molecule has 0 spiro atoms. The standard InChI is InChI=1S/C13H13BO.CH4/c1-11-7-9-13(10-8-11)14(15)12-5-3-2-4-6-12;/h2-10,15H,1H3;1H4. The molecule has 2 aromatic carbocycles. The van der Waals surface area contributed by atoms with E-state index < -0.39 is 6.92 Å². The molecule has 82 valence electrons. The highest BCUT2D eigenvalue weighted by atomic mass is 16.2. The predicted octanol–water partition coefficient (Wildman–Crippen LogP) is 1.73. The number of hydrogen-bond acceptors (Lipinski definition) is 1. The van der Waals surface area contributed by atoms with Crippen LogP contribution >= 0.6 is 0 Å². The SMILES string of the molecule is C.Cc1ccc(B(O)c2ccccc2)cc1. The van der Waals surface area contributed by atoms with Gasteiger partial charge in [0.2, 0.25) is 0 Å². The van der Waals surface area contributed by atoms with Gasteiger partial charge in [-0.1, -0.05) is 67.6 Å². The minimum absolute atomic E-state index is 0. The molecule has 0 aliphatic heterocycles. The molecule has 0 fully saturated rings. The van der Waals surface area contributed by atoms with Crippen LogP contribution in [0.15, 0.2) is 54.6 Å². The molecule has 16 heavy (non-hydrogen) atoms. The van der Waals surface area contributed by atoms with Gasteiger partial charge in [-0.15, -0.1) is 0 Å². The number of benzene rings is 2. The summed E-state index contributed by atoms with van der Waals surface area (Å²) in [4.78, 5) is 0. The monoisotopic (exact) mass is 212 g/mol. The molecular weight excluding hydrogens is 195 g/mol. The fraction of sp³-hybridized carbons (Fsp3) is 0.143. The minimum atomic E-state index is -0.521. The van der Waals surface area contributed by atoms with E-state index in [1.807, 2.05) is 61.5 Å². The summed E-state index contributed by atoms with van der Waals surface area (Å²) in [7, 11) is 0. The van der Waals surface area contributed by atoms with Gasteiger partial charge in [-0.2, -0.15) is 0 Å². The zero-order valence-corrected chi connectivity index (χ0v) is 8.72. The van der Waals surface area contributed by atoms with Gasteiger partial charge in [-0.25, -0.2) is 0 Å². The highest BCUT2D eigenvalue weighted by Gasteiger charge is 2.15. The van der Waals surface area contributed by atoms with Crippen molar-refractivity contribution in [2.24, 2.45) is 0 Å². The van der Waals surface area contributed by atoms with Crippen molar-refractivity contribution in [2.75, 3.05) is 0 Å². The lowest BCUT2D eigenvalue weighted by Gasteiger charge is -2.07. The summed E-state index contributed by atoms with van der Waals surface area (Å²) in [6.45, 7) is 1.52. The van der Waals surface area contributed by atoms with Crippen molar-refractivity contribution in [3.63, 3.8) is 0 Å². The molecule has 0 saturated heterocycles. The molecule has 2 aromatic rings. The Morgan fingerprint density at radius 2 is 1.31 bits per heavy atom. The smallest absolute Gasteiger partial charge is 0.358 e. The number of aryl methyl sites for hydroxylation is 1. The van der Waals surface area contributed by atoms with E-state index in [1.54, 1.807) is 0 Å². The Kier molecular flexibility index (Phi) is 4.33. The van der Waals surface area contributed by atoms with E-state index >= 15 is 0 Å². The van der Waals surface area contributed by atoms with Crippen LogP contribution < -0.4 is 10.9 Å². The first-order valence-corrected chi connectivity index (χ1v) is 5.07. The van der Waals surface area contributed by atoms with E-state index in [2.05, 4.69) is 0 Å². The topological polar surface area (TPSA) is 20.2 Å². The summed E-state index contributed by atoms with van der Waals surface area (Å²) in [6, 6.07) is 17.7. The quantitative estimate of drug-likeness (QED) is 0.751. The molecule has 2 heteroatoms. The van der Waals surface area contributed by atoms with Crippen LogP contribution in [0, 0.1) is 6.92 Å². The van der Waals surface area contributed by atoms with E-state index in [1.165, 1.54) is 5.56 Å². The van der Waals surface area contributed by atoms with E-state index in [0.717, 1.165) is 10.9 Å². The van der Waals surface area contributed by atoms with Crippen LogP contribution in [-0.2, 0) is 0 Å². The fourth-order valence-corrected chi connectivity index (χ4v) is 1.58. The Bertz CT molecular complexity index is 422. The zero-order chi connectivity index (χ0) is 10.7. The van der Waals surface area contributed by atoms with Gasteiger partial charge in [0.25, 0.3) is 0 Å². The van der Waals surface area contributed by atoms with Crippen LogP contribution in [0.4, 0.5) is 0 Å². The van der Waals surface area contributed by atoms with Crippen molar-refractivity contribution in [2.45, 2.75) is 14.4 Å². The second-order valence-corrected chi connectivity index (χ2v) is 3.72. The van der Waals surface area contributed by atoms with E-state index in [-0.39, 0.29) is 7.43 Å². The third-order valence-corrected chi connectivity index (χ3v) is 2.51. The molecule has 0 unspecified atom stereocenters. The Morgan fingerprint density at radius 3 is 1.88 bits per heavy atom. The van der Waals surface area contributed by atoms with Gasteiger partial charge in [0.1, 0.15) is 0 Å². The first-order chi connectivity index (χ1) is 7.27. The zero-order valence-electron chi connectivity index (χ0n) is 8.72. The summed E-state index contributed by atoms with van der Waals surface area (Å²) >= 11 is 0. The lowest BCUT2D eigenvalue weighted by molar-refractivity contribution is 0.600. The van der Waals surface area contributed by atoms with Crippen molar-refractivity contribution in [3.05, 3.63) is 60.2 Å². The van der Waals surface area contributed by atoms with E-state index in [9.17, 15) is 5.02 Å². The largest absolute Gasteiger partial charge is 0.443 e. The summed E-state index contributed by atoms with van der Waals surface area (Å²) in [5, 5.41) is 10.1. The summed E-state index contributed by atoms with van der Waals surface area (Å²) in [5.41, 5.74) is 3.08. The molecule has 2 rings (SSSR count). The normalized spacial score (nSPS) is 9.38. The molecule has 1 N–H and O–H groups in total. The second-order valence-electron chi connectivity index (χ2n) is 3.72. The van der Waals surface area contributed by atoms with Crippen molar-refractivity contribution in [1.82, 2.24) is 0 Å².